The Labute approximate surface area is 117 Å². The van der Waals surface area contributed by atoms with Crippen LogP contribution in [-0.4, -0.2) is 74.4 Å². The van der Waals surface area contributed by atoms with Gasteiger partial charge in [-0.1, -0.05) is 0 Å². The Morgan fingerprint density at radius 1 is 1.05 bits per heavy atom. The summed E-state index contributed by atoms with van der Waals surface area (Å²) in [5, 5.41) is 3.79. The van der Waals surface area contributed by atoms with Crippen molar-refractivity contribution in [3.63, 3.8) is 0 Å². The highest BCUT2D eigenvalue weighted by Crippen LogP contribution is 2.26. The van der Waals surface area contributed by atoms with Gasteiger partial charge in [0.25, 0.3) is 0 Å². The zero-order chi connectivity index (χ0) is 12.9. The first-order valence-electron chi connectivity index (χ1n) is 8.19. The van der Waals surface area contributed by atoms with Crippen LogP contribution in [0.5, 0.6) is 0 Å². The van der Waals surface area contributed by atoms with Gasteiger partial charge in [0.15, 0.2) is 0 Å². The zero-order valence-corrected chi connectivity index (χ0v) is 12.1. The number of ether oxygens (including phenoxy) is 1. The number of morpholine rings is 1. The van der Waals surface area contributed by atoms with Crippen LogP contribution >= 0.6 is 0 Å². The molecule has 4 nitrogen and oxygen atoms in total. The molecule has 110 valence electrons. The maximum absolute atomic E-state index is 5.38. The molecule has 0 aliphatic carbocycles. The van der Waals surface area contributed by atoms with Gasteiger partial charge in [-0.3, -0.25) is 4.90 Å². The van der Waals surface area contributed by atoms with Gasteiger partial charge < -0.3 is 15.0 Å². The first-order valence-corrected chi connectivity index (χ1v) is 8.19. The lowest BCUT2D eigenvalue weighted by molar-refractivity contribution is 0.0372. The van der Waals surface area contributed by atoms with E-state index in [9.17, 15) is 0 Å². The monoisotopic (exact) mass is 267 g/mol. The van der Waals surface area contributed by atoms with Crippen molar-refractivity contribution in [2.75, 3.05) is 52.5 Å². The predicted molar refractivity (Wildman–Crippen MR) is 77.5 cm³/mol. The van der Waals surface area contributed by atoms with Crippen molar-refractivity contribution in [2.24, 2.45) is 0 Å². The predicted octanol–water partition coefficient (Wildman–Crippen LogP) is 0.925. The molecule has 0 amide bonds. The van der Waals surface area contributed by atoms with Crippen LogP contribution in [0.1, 0.15) is 32.1 Å². The van der Waals surface area contributed by atoms with E-state index in [-0.39, 0.29) is 0 Å². The van der Waals surface area contributed by atoms with E-state index in [0.717, 1.165) is 38.4 Å². The van der Waals surface area contributed by atoms with Crippen LogP contribution in [0.3, 0.4) is 0 Å². The van der Waals surface area contributed by atoms with Crippen molar-refractivity contribution in [3.8, 4) is 0 Å². The summed E-state index contributed by atoms with van der Waals surface area (Å²) in [5.41, 5.74) is 0. The molecular formula is C15H29N3O. The maximum atomic E-state index is 5.38. The number of piperidine rings is 1. The molecule has 3 aliphatic rings. The third-order valence-corrected chi connectivity index (χ3v) is 5.01. The molecule has 3 rings (SSSR count). The van der Waals surface area contributed by atoms with Gasteiger partial charge in [0.05, 0.1) is 13.2 Å². The smallest absolute Gasteiger partial charge is 0.0594 e. The Hall–Kier alpha value is -0.160. The van der Waals surface area contributed by atoms with Gasteiger partial charge in [0.1, 0.15) is 0 Å². The molecule has 0 bridgehead atoms. The number of hydrogen-bond acceptors (Lipinski definition) is 4. The van der Waals surface area contributed by atoms with Crippen LogP contribution in [0.4, 0.5) is 0 Å². The molecule has 3 aliphatic heterocycles. The Morgan fingerprint density at radius 3 is 2.84 bits per heavy atom. The summed E-state index contributed by atoms with van der Waals surface area (Å²) in [4.78, 5) is 5.23. The second-order valence-electron chi connectivity index (χ2n) is 6.32. The fraction of sp³-hybridized carbons (Fsp3) is 1.00. The van der Waals surface area contributed by atoms with Crippen LogP contribution in [0.2, 0.25) is 0 Å². The highest BCUT2D eigenvalue weighted by atomic mass is 16.5. The quantitative estimate of drug-likeness (QED) is 0.750. The molecule has 0 spiro atoms. The van der Waals surface area contributed by atoms with Gasteiger partial charge in [0.2, 0.25) is 0 Å². The van der Waals surface area contributed by atoms with Gasteiger partial charge in [-0.15, -0.1) is 0 Å². The van der Waals surface area contributed by atoms with Crippen LogP contribution in [0.15, 0.2) is 0 Å². The maximum Gasteiger partial charge on any atom is 0.0594 e. The number of nitrogens with zero attached hydrogens (tertiary/aromatic N) is 2. The lowest BCUT2D eigenvalue weighted by atomic mass is 9.97. The minimum absolute atomic E-state index is 0.782. The van der Waals surface area contributed by atoms with Crippen molar-refractivity contribution in [3.05, 3.63) is 0 Å². The zero-order valence-electron chi connectivity index (χ0n) is 12.1. The fourth-order valence-electron chi connectivity index (χ4n) is 3.84. The van der Waals surface area contributed by atoms with E-state index in [1.165, 1.54) is 58.3 Å². The van der Waals surface area contributed by atoms with Crippen molar-refractivity contribution < 1.29 is 4.74 Å². The molecule has 3 saturated heterocycles. The van der Waals surface area contributed by atoms with E-state index >= 15 is 0 Å². The van der Waals surface area contributed by atoms with Crippen molar-refractivity contribution in [1.82, 2.24) is 15.1 Å². The Kier molecular flexibility index (Phi) is 5.10. The number of hydrogen-bond donors (Lipinski definition) is 1. The molecule has 0 aromatic rings. The molecule has 2 unspecified atom stereocenters. The number of nitrogens with one attached hydrogen (secondary N) is 1. The summed E-state index contributed by atoms with van der Waals surface area (Å²) in [6.45, 7) is 9.20. The fourth-order valence-corrected chi connectivity index (χ4v) is 3.84. The van der Waals surface area contributed by atoms with Crippen molar-refractivity contribution in [1.29, 1.82) is 0 Å². The Balaban J connectivity index is 1.27. The summed E-state index contributed by atoms with van der Waals surface area (Å²) >= 11 is 0. The van der Waals surface area contributed by atoms with Gasteiger partial charge in [-0.25, -0.2) is 0 Å². The standard InChI is InChI=1S/C15H29N3O/c1-3-15-13-14(4-8-18(15)7-1)16-5-2-6-17-9-11-19-12-10-17/h14-16H,1-13H2. The summed E-state index contributed by atoms with van der Waals surface area (Å²) in [7, 11) is 0. The molecule has 4 heteroatoms. The van der Waals surface area contributed by atoms with Gasteiger partial charge in [-0.05, 0) is 58.3 Å². The largest absolute Gasteiger partial charge is 0.379 e. The molecule has 3 heterocycles. The minimum atomic E-state index is 0.782. The topological polar surface area (TPSA) is 27.7 Å². The minimum Gasteiger partial charge on any atom is -0.379 e. The average molecular weight is 267 g/mol. The second-order valence-corrected chi connectivity index (χ2v) is 6.32. The third kappa shape index (κ3) is 3.91. The molecule has 1 N–H and O–H groups in total. The summed E-state index contributed by atoms with van der Waals surface area (Å²) in [5.74, 6) is 0. The highest BCUT2D eigenvalue weighted by Gasteiger charge is 2.31. The number of fused-ring (bicyclic) bond motifs is 1. The van der Waals surface area contributed by atoms with Crippen LogP contribution in [0, 0.1) is 0 Å². The van der Waals surface area contributed by atoms with Gasteiger partial charge in [0, 0.05) is 25.2 Å². The first-order chi connectivity index (χ1) is 9.42. The van der Waals surface area contributed by atoms with Gasteiger partial charge in [-0.2, -0.15) is 0 Å². The summed E-state index contributed by atoms with van der Waals surface area (Å²) < 4.78 is 5.38. The summed E-state index contributed by atoms with van der Waals surface area (Å²) in [6, 6.07) is 1.68. The lowest BCUT2D eigenvalue weighted by Crippen LogP contribution is -2.46. The molecule has 0 aromatic heterocycles. The number of rotatable bonds is 5. The van der Waals surface area contributed by atoms with E-state index < -0.39 is 0 Å². The molecule has 0 saturated carbocycles. The van der Waals surface area contributed by atoms with Crippen molar-refractivity contribution in [2.45, 2.75) is 44.2 Å². The van der Waals surface area contributed by atoms with E-state index in [2.05, 4.69) is 15.1 Å². The lowest BCUT2D eigenvalue weighted by Gasteiger charge is -2.35. The SMILES string of the molecule is C(CNC1CCN2CCCC2C1)CN1CCOCC1. The molecule has 0 aromatic carbocycles. The van der Waals surface area contributed by atoms with Crippen LogP contribution in [-0.2, 0) is 4.74 Å². The summed E-state index contributed by atoms with van der Waals surface area (Å²) in [6.07, 6.45) is 6.89. The van der Waals surface area contributed by atoms with Crippen molar-refractivity contribution >= 4 is 0 Å². The second kappa shape index (κ2) is 7.02. The molecule has 3 fully saturated rings. The molecule has 19 heavy (non-hydrogen) atoms. The van der Waals surface area contributed by atoms with E-state index in [4.69, 9.17) is 4.74 Å². The van der Waals surface area contributed by atoms with Gasteiger partial charge >= 0.3 is 0 Å². The van der Waals surface area contributed by atoms with Crippen LogP contribution in [0.25, 0.3) is 0 Å². The van der Waals surface area contributed by atoms with Crippen LogP contribution < -0.4 is 5.32 Å². The highest BCUT2D eigenvalue weighted by molar-refractivity contribution is 4.89. The first kappa shape index (κ1) is 13.8. The van der Waals surface area contributed by atoms with E-state index in [1.807, 2.05) is 0 Å². The molecule has 0 radical (unpaired) electrons. The normalized spacial score (nSPS) is 33.5. The third-order valence-electron chi connectivity index (χ3n) is 5.01. The Bertz CT molecular complexity index is 268. The van der Waals surface area contributed by atoms with E-state index in [1.54, 1.807) is 0 Å². The van der Waals surface area contributed by atoms with E-state index in [0.29, 0.717) is 0 Å². The Morgan fingerprint density at radius 2 is 1.95 bits per heavy atom. The average Bonchev–Trinajstić information content (AvgIpc) is 2.92. The molecule has 2 atom stereocenters. The molecular weight excluding hydrogens is 238 g/mol.